The Morgan fingerprint density at radius 2 is 1.96 bits per heavy atom. The molecule has 1 amide bonds. The van der Waals surface area contributed by atoms with Gasteiger partial charge in [0, 0.05) is 23.9 Å². The molecule has 2 heterocycles. The fourth-order valence-corrected chi connectivity index (χ4v) is 3.57. The number of nitrogens with one attached hydrogen (secondary N) is 1. The summed E-state index contributed by atoms with van der Waals surface area (Å²) in [6, 6.07) is 7.88. The first-order valence-corrected chi connectivity index (χ1v) is 8.45. The Balaban J connectivity index is 2.10. The maximum absolute atomic E-state index is 12.8. The summed E-state index contributed by atoms with van der Waals surface area (Å²) in [6.07, 6.45) is 0.492. The van der Waals surface area contributed by atoms with Gasteiger partial charge in [0.1, 0.15) is 4.83 Å². The van der Waals surface area contributed by atoms with E-state index in [0.717, 1.165) is 21.3 Å². The zero-order chi connectivity index (χ0) is 17.3. The summed E-state index contributed by atoms with van der Waals surface area (Å²) < 4.78 is 1.13. The average molecular weight is 343 g/mol. The molecule has 6 nitrogen and oxygen atoms in total. The van der Waals surface area contributed by atoms with Crippen LogP contribution in [0, 0.1) is 6.92 Å². The number of H-pyrrole nitrogens is 1. The summed E-state index contributed by atoms with van der Waals surface area (Å²) in [7, 11) is 0. The first-order valence-electron chi connectivity index (χ1n) is 7.57. The van der Waals surface area contributed by atoms with Crippen molar-refractivity contribution in [3.63, 3.8) is 0 Å². The second-order valence-corrected chi connectivity index (χ2v) is 6.56. The molecule has 0 aliphatic rings. The lowest BCUT2D eigenvalue weighted by Gasteiger charge is -2.05. The van der Waals surface area contributed by atoms with Crippen molar-refractivity contribution in [3.8, 4) is 11.1 Å². The second-order valence-electron chi connectivity index (χ2n) is 5.68. The number of hydrogen-bond acceptors (Lipinski definition) is 4. The number of primary amides is 1. The van der Waals surface area contributed by atoms with E-state index in [2.05, 4.69) is 4.98 Å². The molecule has 0 unspecified atom stereocenters. The van der Waals surface area contributed by atoms with E-state index in [9.17, 15) is 14.4 Å². The highest BCUT2D eigenvalue weighted by atomic mass is 32.1. The van der Waals surface area contributed by atoms with Gasteiger partial charge in [-0.3, -0.25) is 19.1 Å². The molecule has 0 bridgehead atoms. The van der Waals surface area contributed by atoms with Crippen LogP contribution in [-0.2, 0) is 11.3 Å². The van der Waals surface area contributed by atoms with Gasteiger partial charge in [-0.1, -0.05) is 29.8 Å². The topological polar surface area (TPSA) is 97.9 Å². The molecule has 0 radical (unpaired) electrons. The maximum Gasteiger partial charge on any atom is 0.329 e. The number of nitrogens with two attached hydrogens (primary N) is 1. The normalized spacial score (nSPS) is 11.0. The van der Waals surface area contributed by atoms with Crippen LogP contribution in [0.25, 0.3) is 21.3 Å². The van der Waals surface area contributed by atoms with Gasteiger partial charge in [-0.15, -0.1) is 11.3 Å². The van der Waals surface area contributed by atoms with Gasteiger partial charge in [0.15, 0.2) is 0 Å². The van der Waals surface area contributed by atoms with E-state index in [1.54, 1.807) is 0 Å². The molecule has 124 valence electrons. The van der Waals surface area contributed by atoms with Crippen molar-refractivity contribution in [1.29, 1.82) is 0 Å². The van der Waals surface area contributed by atoms with E-state index in [0.29, 0.717) is 16.6 Å². The van der Waals surface area contributed by atoms with Crippen LogP contribution in [0.15, 0.2) is 39.2 Å². The van der Waals surface area contributed by atoms with E-state index in [4.69, 9.17) is 5.73 Å². The molecule has 1 aromatic carbocycles. The smallest absolute Gasteiger partial charge is 0.329 e. The summed E-state index contributed by atoms with van der Waals surface area (Å²) in [5.41, 5.74) is 7.18. The number of rotatable bonds is 5. The number of carbonyl (C=O) groups excluding carboxylic acids is 1. The van der Waals surface area contributed by atoms with Gasteiger partial charge in [-0.05, 0) is 18.9 Å². The Morgan fingerprint density at radius 3 is 2.62 bits per heavy atom. The lowest BCUT2D eigenvalue weighted by molar-refractivity contribution is -0.118. The van der Waals surface area contributed by atoms with Crippen molar-refractivity contribution in [2.24, 2.45) is 5.73 Å². The highest BCUT2D eigenvalue weighted by Crippen LogP contribution is 2.30. The third-order valence-corrected chi connectivity index (χ3v) is 4.78. The third-order valence-electron chi connectivity index (χ3n) is 3.88. The molecule has 0 aliphatic heterocycles. The standard InChI is InChI=1S/C17H17N3O3S/c1-10-4-6-11(7-5-10)12-9-24-15-14(12)16(22)20(17(23)19-15)8-2-3-13(18)21/h4-7,9H,2-3,8H2,1H3,(H2,18,21)(H,19,23). The molecule has 0 fully saturated rings. The quantitative estimate of drug-likeness (QED) is 0.741. The van der Waals surface area contributed by atoms with Crippen molar-refractivity contribution in [2.75, 3.05) is 0 Å². The van der Waals surface area contributed by atoms with Crippen LogP contribution in [-0.4, -0.2) is 15.5 Å². The number of amides is 1. The van der Waals surface area contributed by atoms with Gasteiger partial charge in [0.25, 0.3) is 5.56 Å². The molecule has 0 saturated heterocycles. The highest BCUT2D eigenvalue weighted by molar-refractivity contribution is 7.17. The Hall–Kier alpha value is -2.67. The van der Waals surface area contributed by atoms with Gasteiger partial charge in [0.2, 0.25) is 5.91 Å². The monoisotopic (exact) mass is 343 g/mol. The fraction of sp³-hybridized carbons (Fsp3) is 0.235. The van der Waals surface area contributed by atoms with E-state index in [-0.39, 0.29) is 18.5 Å². The largest absolute Gasteiger partial charge is 0.370 e. The molecule has 0 aliphatic carbocycles. The van der Waals surface area contributed by atoms with Crippen LogP contribution in [0.5, 0.6) is 0 Å². The maximum atomic E-state index is 12.8. The summed E-state index contributed by atoms with van der Waals surface area (Å²) in [5.74, 6) is -0.448. The fourth-order valence-electron chi connectivity index (χ4n) is 2.61. The van der Waals surface area contributed by atoms with Crippen LogP contribution in [0.3, 0.4) is 0 Å². The summed E-state index contributed by atoms with van der Waals surface area (Å²) in [4.78, 5) is 39.1. The molecule has 3 N–H and O–H groups in total. The predicted octanol–water partition coefficient (Wildman–Crippen LogP) is 1.99. The SMILES string of the molecule is Cc1ccc(-c2csc3[nH]c(=O)n(CCCC(N)=O)c(=O)c23)cc1. The van der Waals surface area contributed by atoms with Gasteiger partial charge >= 0.3 is 5.69 Å². The third kappa shape index (κ3) is 3.03. The first-order chi connectivity index (χ1) is 11.5. The molecular weight excluding hydrogens is 326 g/mol. The number of carbonyl (C=O) groups is 1. The zero-order valence-electron chi connectivity index (χ0n) is 13.2. The molecule has 0 saturated carbocycles. The minimum Gasteiger partial charge on any atom is -0.370 e. The van der Waals surface area contributed by atoms with Crippen LogP contribution < -0.4 is 17.0 Å². The Morgan fingerprint density at radius 1 is 1.25 bits per heavy atom. The zero-order valence-corrected chi connectivity index (χ0v) is 14.0. The number of aromatic nitrogens is 2. The average Bonchev–Trinajstić information content (AvgIpc) is 2.95. The summed E-state index contributed by atoms with van der Waals surface area (Å²) in [5, 5.41) is 2.38. The van der Waals surface area contributed by atoms with E-state index < -0.39 is 11.6 Å². The lowest BCUT2D eigenvalue weighted by atomic mass is 10.1. The molecule has 0 atom stereocenters. The molecule has 2 aromatic heterocycles. The minimum atomic E-state index is -0.464. The number of aryl methyl sites for hydroxylation is 1. The number of hydrogen-bond donors (Lipinski definition) is 2. The Kier molecular flexibility index (Phi) is 4.35. The molecule has 3 rings (SSSR count). The predicted molar refractivity (Wildman–Crippen MR) is 95.3 cm³/mol. The molecule has 0 spiro atoms. The number of aromatic amines is 1. The van der Waals surface area contributed by atoms with Crippen LogP contribution in [0.1, 0.15) is 18.4 Å². The summed E-state index contributed by atoms with van der Waals surface area (Å²) in [6.45, 7) is 2.16. The number of nitrogens with zero attached hydrogens (tertiary/aromatic N) is 1. The van der Waals surface area contributed by atoms with Crippen LogP contribution >= 0.6 is 11.3 Å². The summed E-state index contributed by atoms with van der Waals surface area (Å²) >= 11 is 1.34. The van der Waals surface area contributed by atoms with Crippen LogP contribution in [0.4, 0.5) is 0 Å². The van der Waals surface area contributed by atoms with Gasteiger partial charge in [0.05, 0.1) is 5.39 Å². The number of thiophene rings is 1. The van der Waals surface area contributed by atoms with Crippen molar-refractivity contribution in [1.82, 2.24) is 9.55 Å². The Bertz CT molecular complexity index is 1010. The van der Waals surface area contributed by atoms with Crippen molar-refractivity contribution in [2.45, 2.75) is 26.3 Å². The lowest BCUT2D eigenvalue weighted by Crippen LogP contribution is -2.35. The molecular formula is C17H17N3O3S. The minimum absolute atomic E-state index is 0.137. The van der Waals surface area contributed by atoms with E-state index in [1.807, 2.05) is 36.6 Å². The van der Waals surface area contributed by atoms with E-state index in [1.165, 1.54) is 11.3 Å². The van der Waals surface area contributed by atoms with Crippen molar-refractivity contribution >= 4 is 27.5 Å². The van der Waals surface area contributed by atoms with Crippen LogP contribution in [0.2, 0.25) is 0 Å². The number of fused-ring (bicyclic) bond motifs is 1. The molecule has 3 aromatic rings. The molecule has 24 heavy (non-hydrogen) atoms. The first kappa shape index (κ1) is 16.2. The van der Waals surface area contributed by atoms with Gasteiger partial charge in [-0.2, -0.15) is 0 Å². The van der Waals surface area contributed by atoms with Crippen molar-refractivity contribution in [3.05, 3.63) is 56.0 Å². The number of benzene rings is 1. The second kappa shape index (κ2) is 6.45. The highest BCUT2D eigenvalue weighted by Gasteiger charge is 2.15. The molecule has 7 heteroatoms. The Labute approximate surface area is 141 Å². The van der Waals surface area contributed by atoms with E-state index >= 15 is 0 Å². The van der Waals surface area contributed by atoms with Gasteiger partial charge in [-0.25, -0.2) is 4.79 Å². The van der Waals surface area contributed by atoms with Crippen molar-refractivity contribution < 1.29 is 4.79 Å². The van der Waals surface area contributed by atoms with Gasteiger partial charge < -0.3 is 5.73 Å².